The third kappa shape index (κ3) is 5.86. The average molecular weight is 408 g/mol. The molecule has 0 spiro atoms. The molecule has 2 N–H and O–H groups in total. The van der Waals surface area contributed by atoms with E-state index in [2.05, 4.69) is 14.8 Å². The Hall–Kier alpha value is -2.78. The number of nitrogens with one attached hydrogen (secondary N) is 2. The molecule has 1 aliphatic carbocycles. The van der Waals surface area contributed by atoms with Crippen LogP contribution in [0.1, 0.15) is 18.4 Å². The Bertz CT molecular complexity index is 954. The van der Waals surface area contributed by atoms with Crippen molar-refractivity contribution in [3.8, 4) is 5.75 Å². The van der Waals surface area contributed by atoms with Gasteiger partial charge in [0, 0.05) is 17.8 Å². The van der Waals surface area contributed by atoms with Gasteiger partial charge in [-0.05, 0) is 60.9 Å². The SMILES string of the molecule is O=C(/C=C/c1ccc(S(=O)(=O)NC2CC2)cc1)Nc1ccc(OC(F)F)cc1. The number of hydrogen-bond acceptors (Lipinski definition) is 4. The number of benzene rings is 2. The van der Waals surface area contributed by atoms with Gasteiger partial charge < -0.3 is 10.1 Å². The van der Waals surface area contributed by atoms with Crippen molar-refractivity contribution in [2.75, 3.05) is 5.32 Å². The predicted octanol–water partition coefficient (Wildman–Crippen LogP) is 3.38. The second-order valence-corrected chi connectivity index (χ2v) is 7.90. The number of carbonyl (C=O) groups is 1. The Labute approximate surface area is 161 Å². The van der Waals surface area contributed by atoms with Crippen LogP contribution in [-0.4, -0.2) is 27.0 Å². The molecule has 9 heteroatoms. The molecule has 0 atom stereocenters. The first kappa shape index (κ1) is 20.0. The maximum absolute atomic E-state index is 12.1. The summed E-state index contributed by atoms with van der Waals surface area (Å²) in [6.45, 7) is -2.91. The topological polar surface area (TPSA) is 84.5 Å². The van der Waals surface area contributed by atoms with E-state index in [0.717, 1.165) is 12.8 Å². The molecule has 6 nitrogen and oxygen atoms in total. The fraction of sp³-hybridized carbons (Fsp3) is 0.211. The number of hydrogen-bond donors (Lipinski definition) is 2. The Morgan fingerprint density at radius 2 is 1.71 bits per heavy atom. The van der Waals surface area contributed by atoms with Gasteiger partial charge in [0.15, 0.2) is 0 Å². The van der Waals surface area contributed by atoms with E-state index < -0.39 is 22.5 Å². The molecule has 3 rings (SSSR count). The van der Waals surface area contributed by atoms with Crippen LogP contribution in [0, 0.1) is 0 Å². The number of alkyl halides is 2. The standard InChI is InChI=1S/C19H18F2N2O4S/c20-19(21)27-16-8-6-14(7-9-16)22-18(24)12-3-13-1-10-17(11-2-13)28(25,26)23-15-4-5-15/h1-3,6-12,15,19,23H,4-5H2,(H,22,24)/b12-3+. The third-order valence-corrected chi connectivity index (χ3v) is 5.40. The molecular formula is C19H18F2N2O4S. The second-order valence-electron chi connectivity index (χ2n) is 6.19. The summed E-state index contributed by atoms with van der Waals surface area (Å²) in [6.07, 6.45) is 4.54. The molecule has 148 valence electrons. The van der Waals surface area contributed by atoms with E-state index in [-0.39, 0.29) is 16.7 Å². The van der Waals surface area contributed by atoms with Crippen molar-refractivity contribution in [3.63, 3.8) is 0 Å². The molecule has 0 unspecified atom stereocenters. The van der Waals surface area contributed by atoms with Gasteiger partial charge in [-0.15, -0.1) is 0 Å². The van der Waals surface area contributed by atoms with Crippen LogP contribution in [0.5, 0.6) is 5.75 Å². The largest absolute Gasteiger partial charge is 0.435 e. The van der Waals surface area contributed by atoms with E-state index in [9.17, 15) is 22.0 Å². The van der Waals surface area contributed by atoms with Gasteiger partial charge in [0.25, 0.3) is 0 Å². The molecule has 0 radical (unpaired) electrons. The molecule has 1 aliphatic rings. The normalized spacial score (nSPS) is 14.4. The number of carbonyl (C=O) groups excluding carboxylic acids is 1. The molecule has 1 fully saturated rings. The molecule has 0 bridgehead atoms. The van der Waals surface area contributed by atoms with Crippen molar-refractivity contribution >= 4 is 27.7 Å². The van der Waals surface area contributed by atoms with E-state index in [0.29, 0.717) is 11.3 Å². The summed E-state index contributed by atoms with van der Waals surface area (Å²) in [7, 11) is -3.51. The predicted molar refractivity (Wildman–Crippen MR) is 101 cm³/mol. The lowest BCUT2D eigenvalue weighted by atomic mass is 10.2. The second kappa shape index (κ2) is 8.49. The van der Waals surface area contributed by atoms with Gasteiger partial charge in [-0.25, -0.2) is 13.1 Å². The Morgan fingerprint density at radius 1 is 1.07 bits per heavy atom. The average Bonchev–Trinajstić information content (AvgIpc) is 3.45. The zero-order chi connectivity index (χ0) is 20.1. The van der Waals surface area contributed by atoms with Gasteiger partial charge in [0.2, 0.25) is 15.9 Å². The zero-order valence-corrected chi connectivity index (χ0v) is 15.5. The van der Waals surface area contributed by atoms with E-state index >= 15 is 0 Å². The Morgan fingerprint density at radius 3 is 2.29 bits per heavy atom. The van der Waals surface area contributed by atoms with E-state index in [1.165, 1.54) is 48.6 Å². The molecule has 0 heterocycles. The molecule has 28 heavy (non-hydrogen) atoms. The number of halogens is 2. The fourth-order valence-electron chi connectivity index (χ4n) is 2.32. The van der Waals surface area contributed by atoms with Crippen LogP contribution in [0.15, 0.2) is 59.5 Å². The van der Waals surface area contributed by atoms with Gasteiger partial charge in [-0.3, -0.25) is 4.79 Å². The number of ether oxygens (including phenoxy) is 1. The Balaban J connectivity index is 1.56. The highest BCUT2D eigenvalue weighted by molar-refractivity contribution is 7.89. The van der Waals surface area contributed by atoms with E-state index in [1.54, 1.807) is 12.1 Å². The van der Waals surface area contributed by atoms with Crippen molar-refractivity contribution in [2.24, 2.45) is 0 Å². The van der Waals surface area contributed by atoms with Crippen molar-refractivity contribution in [1.29, 1.82) is 0 Å². The van der Waals surface area contributed by atoms with E-state index in [1.807, 2.05) is 0 Å². The van der Waals surface area contributed by atoms with Crippen LogP contribution in [-0.2, 0) is 14.8 Å². The lowest BCUT2D eigenvalue weighted by Crippen LogP contribution is -2.25. The lowest BCUT2D eigenvalue weighted by molar-refractivity contribution is -0.111. The van der Waals surface area contributed by atoms with Gasteiger partial charge >= 0.3 is 6.61 Å². The number of anilines is 1. The number of rotatable bonds is 8. The Kier molecular flexibility index (Phi) is 6.05. The third-order valence-electron chi connectivity index (χ3n) is 3.86. The van der Waals surface area contributed by atoms with Crippen LogP contribution >= 0.6 is 0 Å². The first-order valence-corrected chi connectivity index (χ1v) is 9.96. The number of amides is 1. The van der Waals surface area contributed by atoms with Gasteiger partial charge in [0.05, 0.1) is 4.90 Å². The summed E-state index contributed by atoms with van der Waals surface area (Å²) in [5.41, 5.74) is 1.07. The van der Waals surface area contributed by atoms with Crippen LogP contribution < -0.4 is 14.8 Å². The molecule has 0 aromatic heterocycles. The minimum Gasteiger partial charge on any atom is -0.435 e. The lowest BCUT2D eigenvalue weighted by Gasteiger charge is -2.06. The smallest absolute Gasteiger partial charge is 0.387 e. The quantitative estimate of drug-likeness (QED) is 0.656. The highest BCUT2D eigenvalue weighted by atomic mass is 32.2. The fourth-order valence-corrected chi connectivity index (χ4v) is 3.63. The molecule has 0 aliphatic heterocycles. The van der Waals surface area contributed by atoms with Crippen molar-refractivity contribution in [2.45, 2.75) is 30.4 Å². The summed E-state index contributed by atoms with van der Waals surface area (Å²) in [4.78, 5) is 12.1. The van der Waals surface area contributed by atoms with Gasteiger partial charge in [-0.2, -0.15) is 8.78 Å². The van der Waals surface area contributed by atoms with Gasteiger partial charge in [-0.1, -0.05) is 12.1 Å². The van der Waals surface area contributed by atoms with Crippen molar-refractivity contribution < 1.29 is 26.7 Å². The molecule has 0 saturated heterocycles. The molecule has 1 saturated carbocycles. The van der Waals surface area contributed by atoms with Crippen LogP contribution in [0.3, 0.4) is 0 Å². The molecule has 2 aromatic carbocycles. The summed E-state index contributed by atoms with van der Waals surface area (Å²) >= 11 is 0. The molecule has 1 amide bonds. The first-order chi connectivity index (χ1) is 13.3. The van der Waals surface area contributed by atoms with Crippen LogP contribution in [0.2, 0.25) is 0 Å². The first-order valence-electron chi connectivity index (χ1n) is 8.48. The zero-order valence-electron chi connectivity index (χ0n) is 14.6. The minimum absolute atomic E-state index is 0.00485. The molecule has 2 aromatic rings. The van der Waals surface area contributed by atoms with Crippen molar-refractivity contribution in [3.05, 3.63) is 60.2 Å². The van der Waals surface area contributed by atoms with Crippen molar-refractivity contribution in [1.82, 2.24) is 4.72 Å². The maximum atomic E-state index is 12.1. The summed E-state index contributed by atoms with van der Waals surface area (Å²) in [5.74, 6) is -0.426. The number of sulfonamides is 1. The van der Waals surface area contributed by atoms with Crippen LogP contribution in [0.25, 0.3) is 6.08 Å². The van der Waals surface area contributed by atoms with E-state index in [4.69, 9.17) is 0 Å². The minimum atomic E-state index is -3.51. The summed E-state index contributed by atoms with van der Waals surface area (Å²) in [5, 5.41) is 2.58. The summed E-state index contributed by atoms with van der Waals surface area (Å²) in [6, 6.07) is 11.7. The van der Waals surface area contributed by atoms with Gasteiger partial charge in [0.1, 0.15) is 5.75 Å². The van der Waals surface area contributed by atoms with Crippen LogP contribution in [0.4, 0.5) is 14.5 Å². The molecular weight excluding hydrogens is 390 g/mol. The highest BCUT2D eigenvalue weighted by Gasteiger charge is 2.27. The monoisotopic (exact) mass is 408 g/mol. The summed E-state index contributed by atoms with van der Waals surface area (Å²) < 4.78 is 55.2. The highest BCUT2D eigenvalue weighted by Crippen LogP contribution is 2.22. The maximum Gasteiger partial charge on any atom is 0.387 e.